The van der Waals surface area contributed by atoms with Crippen molar-refractivity contribution in [3.05, 3.63) is 76.2 Å². The molecule has 6 atom stereocenters. The number of carbonyl (C=O) groups is 4. The Kier molecular flexibility index (Phi) is 15.5. The molecule has 300 valence electrons. The van der Waals surface area contributed by atoms with E-state index >= 15 is 0 Å². The third kappa shape index (κ3) is 12.4. The molecule has 1 fully saturated rings. The fourth-order valence-electron chi connectivity index (χ4n) is 6.72. The van der Waals surface area contributed by atoms with E-state index in [0.29, 0.717) is 31.2 Å². The molecule has 11 nitrogen and oxygen atoms in total. The Morgan fingerprint density at radius 1 is 1.05 bits per heavy atom. The highest BCUT2D eigenvalue weighted by Gasteiger charge is 2.44. The highest BCUT2D eigenvalue weighted by molar-refractivity contribution is 7.13. The predicted octanol–water partition coefficient (Wildman–Crippen LogP) is 6.15. The number of amides is 4. The van der Waals surface area contributed by atoms with Crippen molar-refractivity contribution in [2.24, 2.45) is 17.1 Å². The minimum Gasteiger partial charge on any atom is -0.391 e. The van der Waals surface area contributed by atoms with Crippen LogP contribution >= 0.6 is 11.3 Å². The largest absolute Gasteiger partial charge is 0.391 e. The van der Waals surface area contributed by atoms with Crippen molar-refractivity contribution in [1.82, 2.24) is 20.5 Å². The number of benzene rings is 2. The molecule has 0 bridgehead atoms. The summed E-state index contributed by atoms with van der Waals surface area (Å²) >= 11 is 1.57. The Morgan fingerprint density at radius 2 is 1.76 bits per heavy atom. The number of aliphatic hydroxyl groups excluding tert-OH is 1. The maximum absolute atomic E-state index is 14.9. The molecule has 1 saturated heterocycles. The number of rotatable bonds is 18. The van der Waals surface area contributed by atoms with E-state index in [1.54, 1.807) is 17.4 Å². The Balaban J connectivity index is 1.27. The van der Waals surface area contributed by atoms with Gasteiger partial charge in [-0.05, 0) is 80.5 Å². The van der Waals surface area contributed by atoms with Crippen molar-refractivity contribution >= 4 is 35.0 Å². The van der Waals surface area contributed by atoms with E-state index in [2.05, 4.69) is 15.6 Å². The number of hydrogen-bond acceptors (Lipinski definition) is 8. The number of hydrogen-bond donors (Lipinski definition) is 4. The van der Waals surface area contributed by atoms with Crippen molar-refractivity contribution in [2.75, 3.05) is 6.54 Å². The van der Waals surface area contributed by atoms with Gasteiger partial charge in [-0.2, -0.15) is 0 Å². The molecule has 0 aliphatic carbocycles. The van der Waals surface area contributed by atoms with E-state index < -0.39 is 29.5 Å². The monoisotopic (exact) mass is 779 g/mol. The summed E-state index contributed by atoms with van der Waals surface area (Å²) in [6, 6.07) is 10.8. The molecule has 0 saturated carbocycles. The second kappa shape index (κ2) is 19.6. The van der Waals surface area contributed by atoms with E-state index in [1.807, 2.05) is 84.3 Å². The molecular formula is C42H58FN5O6S. The number of carbonyl (C=O) groups excluding carboxylic acids is 4. The van der Waals surface area contributed by atoms with Crippen molar-refractivity contribution in [2.45, 2.75) is 130 Å². The van der Waals surface area contributed by atoms with Crippen molar-refractivity contribution in [3.8, 4) is 10.4 Å². The summed E-state index contributed by atoms with van der Waals surface area (Å²) in [7, 11) is 0. The van der Waals surface area contributed by atoms with Crippen LogP contribution in [0.4, 0.5) is 4.39 Å². The lowest BCUT2D eigenvalue weighted by Crippen LogP contribution is -2.57. The quantitative estimate of drug-likeness (QED) is 0.113. The first-order chi connectivity index (χ1) is 25.9. The summed E-state index contributed by atoms with van der Waals surface area (Å²) in [5.41, 5.74) is 10.5. The van der Waals surface area contributed by atoms with E-state index in [4.69, 9.17) is 10.5 Å². The van der Waals surface area contributed by atoms with E-state index in [0.717, 1.165) is 27.3 Å². The number of thiazole rings is 1. The van der Waals surface area contributed by atoms with E-state index in [9.17, 15) is 28.7 Å². The summed E-state index contributed by atoms with van der Waals surface area (Å²) < 4.78 is 20.7. The van der Waals surface area contributed by atoms with Gasteiger partial charge < -0.3 is 31.1 Å². The Morgan fingerprint density at radius 3 is 2.38 bits per heavy atom. The van der Waals surface area contributed by atoms with Crippen LogP contribution in [0.5, 0.6) is 0 Å². The van der Waals surface area contributed by atoms with Crippen molar-refractivity contribution < 1.29 is 33.4 Å². The first-order valence-corrected chi connectivity index (χ1v) is 20.1. The number of nitrogens with one attached hydrogen (secondary N) is 2. The molecular weight excluding hydrogens is 722 g/mol. The Labute approximate surface area is 328 Å². The van der Waals surface area contributed by atoms with Gasteiger partial charge in [-0.15, -0.1) is 11.3 Å². The number of nitrogens with zero attached hydrogens (tertiary/aromatic N) is 2. The van der Waals surface area contributed by atoms with Crippen LogP contribution in [0, 0.1) is 24.1 Å². The van der Waals surface area contributed by atoms with Gasteiger partial charge in [0.15, 0.2) is 0 Å². The molecule has 0 radical (unpaired) electrons. The zero-order chi connectivity index (χ0) is 40.4. The number of primary amides is 1. The van der Waals surface area contributed by atoms with Gasteiger partial charge in [0.05, 0.1) is 40.9 Å². The fraction of sp³-hybridized carbons (Fsp3) is 0.548. The molecule has 1 aromatic heterocycles. The number of aliphatic hydroxyl groups is 1. The molecule has 0 spiro atoms. The standard InChI is InChI=1S/C42H58FN5O6S/c1-25(12-19-36(44)50)28(4)54-23-32-14-13-29(20-34(32)43)10-8-9-11-37(51)47-39(42(5,6)7)41(53)48-22-33(49)21-35(48)40(52)46-26(2)30-15-17-31(18-16-30)38-27(3)45-24-55-38/h13-18,20,24-26,28,33,35,39,49H,8-12,19,21-23H2,1-7H3,(H2,44,50)(H,46,52)(H,47,51)/t25-,26-,28+,33+,35-,39+/m0/s1. The summed E-state index contributed by atoms with van der Waals surface area (Å²) in [6.07, 6.45) is 1.87. The zero-order valence-electron chi connectivity index (χ0n) is 33.2. The zero-order valence-corrected chi connectivity index (χ0v) is 34.0. The van der Waals surface area contributed by atoms with Crippen LogP contribution < -0.4 is 16.4 Å². The number of halogens is 1. The first-order valence-electron chi connectivity index (χ1n) is 19.2. The average molecular weight is 780 g/mol. The molecule has 13 heteroatoms. The van der Waals surface area contributed by atoms with Crippen LogP contribution in [0.25, 0.3) is 10.4 Å². The normalized spacial score (nSPS) is 18.0. The van der Waals surface area contributed by atoms with Gasteiger partial charge in [-0.3, -0.25) is 19.2 Å². The number of β-amino-alcohol motifs (C(OH)–C–C–N with tert-alkyl or cyclic N) is 1. The molecule has 4 rings (SSSR count). The fourth-order valence-corrected chi connectivity index (χ4v) is 7.53. The maximum atomic E-state index is 14.9. The summed E-state index contributed by atoms with van der Waals surface area (Å²) in [5, 5.41) is 16.5. The van der Waals surface area contributed by atoms with Gasteiger partial charge in [-0.25, -0.2) is 9.37 Å². The van der Waals surface area contributed by atoms with Crippen LogP contribution in [0.15, 0.2) is 48.0 Å². The minimum absolute atomic E-state index is 0.00672. The molecule has 1 aliphatic rings. The smallest absolute Gasteiger partial charge is 0.246 e. The number of likely N-dealkylation sites (tertiary alicyclic amines) is 1. The Bertz CT molecular complexity index is 1780. The van der Waals surface area contributed by atoms with Gasteiger partial charge in [0.1, 0.15) is 17.9 Å². The van der Waals surface area contributed by atoms with Gasteiger partial charge in [0, 0.05) is 31.4 Å². The van der Waals surface area contributed by atoms with Crippen LogP contribution in [0.2, 0.25) is 0 Å². The second-order valence-corrected chi connectivity index (χ2v) is 16.9. The van der Waals surface area contributed by atoms with Gasteiger partial charge in [0.2, 0.25) is 23.6 Å². The third-order valence-corrected chi connectivity index (χ3v) is 11.4. The molecule has 3 aromatic rings. The number of ether oxygens (including phenoxy) is 1. The molecule has 4 amide bonds. The highest BCUT2D eigenvalue weighted by Crippen LogP contribution is 2.30. The summed E-state index contributed by atoms with van der Waals surface area (Å²) in [6.45, 7) is 13.4. The minimum atomic E-state index is -0.918. The van der Waals surface area contributed by atoms with Gasteiger partial charge in [-0.1, -0.05) is 64.1 Å². The van der Waals surface area contributed by atoms with E-state index in [1.165, 1.54) is 11.0 Å². The van der Waals surface area contributed by atoms with Gasteiger partial charge >= 0.3 is 0 Å². The molecule has 1 aliphatic heterocycles. The van der Waals surface area contributed by atoms with E-state index in [-0.39, 0.29) is 74.0 Å². The summed E-state index contributed by atoms with van der Waals surface area (Å²) in [5.74, 6) is -1.68. The predicted molar refractivity (Wildman–Crippen MR) is 212 cm³/mol. The van der Waals surface area contributed by atoms with Crippen molar-refractivity contribution in [3.63, 3.8) is 0 Å². The van der Waals surface area contributed by atoms with Crippen LogP contribution in [0.3, 0.4) is 0 Å². The molecule has 2 aromatic carbocycles. The lowest BCUT2D eigenvalue weighted by molar-refractivity contribution is -0.144. The van der Waals surface area contributed by atoms with Crippen LogP contribution in [-0.2, 0) is 36.9 Å². The third-order valence-electron chi connectivity index (χ3n) is 10.4. The van der Waals surface area contributed by atoms with Crippen LogP contribution in [-0.4, -0.2) is 69.5 Å². The summed E-state index contributed by atoms with van der Waals surface area (Å²) in [4.78, 5) is 58.6. The second-order valence-electron chi connectivity index (χ2n) is 16.0. The van der Waals surface area contributed by atoms with Crippen LogP contribution in [0.1, 0.15) is 108 Å². The average Bonchev–Trinajstić information content (AvgIpc) is 3.75. The first kappa shape index (κ1) is 43.5. The highest BCUT2D eigenvalue weighted by atomic mass is 32.1. The lowest BCUT2D eigenvalue weighted by atomic mass is 9.85. The lowest BCUT2D eigenvalue weighted by Gasteiger charge is -2.35. The number of aryl methyl sites for hydroxylation is 2. The SMILES string of the molecule is Cc1ncsc1-c1ccc([C@H](C)NC(=O)[C@@H]2C[C@@H](O)CN2C(=O)[C@@H](NC(=O)CCCCc2ccc(CO[C@H](C)[C@@H](C)CCC(N)=O)c(F)c2)C(C)(C)C)cc1. The molecule has 2 heterocycles. The van der Waals surface area contributed by atoms with Crippen molar-refractivity contribution in [1.29, 1.82) is 0 Å². The molecule has 0 unspecified atom stereocenters. The number of nitrogens with two attached hydrogens (primary N) is 1. The molecule has 5 N–H and O–H groups in total. The van der Waals surface area contributed by atoms with Gasteiger partial charge in [0.25, 0.3) is 0 Å². The number of unbranched alkanes of at least 4 members (excludes halogenated alkanes) is 1. The topological polar surface area (TPSA) is 164 Å². The maximum Gasteiger partial charge on any atom is 0.246 e. The Hall–Kier alpha value is -4.20. The molecule has 55 heavy (non-hydrogen) atoms. The number of aromatic nitrogens is 1.